The number of halogens is 1. The van der Waals surface area contributed by atoms with Crippen molar-refractivity contribution in [3.05, 3.63) is 103 Å². The zero-order valence-corrected chi connectivity index (χ0v) is 30.8. The molecule has 276 valence electrons. The van der Waals surface area contributed by atoms with Gasteiger partial charge in [0.1, 0.15) is 29.8 Å². The van der Waals surface area contributed by atoms with Crippen LogP contribution >= 0.6 is 11.6 Å². The average molecular weight is 752 g/mol. The highest BCUT2D eigenvalue weighted by atomic mass is 35.5. The average Bonchev–Trinajstić information content (AvgIpc) is 3.83. The summed E-state index contributed by atoms with van der Waals surface area (Å²) in [6.45, 7) is 3.15. The zero-order chi connectivity index (χ0) is 36.7. The number of benzene rings is 2. The van der Waals surface area contributed by atoms with Crippen molar-refractivity contribution in [2.75, 3.05) is 31.2 Å². The van der Waals surface area contributed by atoms with Gasteiger partial charge in [-0.1, -0.05) is 48.0 Å². The fraction of sp³-hybridized carbons (Fsp3) is 0.350. The van der Waals surface area contributed by atoms with Crippen LogP contribution in [0.3, 0.4) is 0 Å². The van der Waals surface area contributed by atoms with E-state index in [1.165, 1.54) is 6.33 Å². The second-order valence-corrected chi connectivity index (χ2v) is 15.0. The minimum Gasteiger partial charge on any atom is -0.378 e. The van der Waals surface area contributed by atoms with Crippen molar-refractivity contribution in [3.63, 3.8) is 0 Å². The summed E-state index contributed by atoms with van der Waals surface area (Å²) >= 11 is 6.08. The van der Waals surface area contributed by atoms with Gasteiger partial charge in [-0.15, -0.1) is 0 Å². The van der Waals surface area contributed by atoms with Gasteiger partial charge in [-0.2, -0.15) is 0 Å². The summed E-state index contributed by atoms with van der Waals surface area (Å²) < 4.78 is 9.80. The van der Waals surface area contributed by atoms with Gasteiger partial charge < -0.3 is 18.8 Å². The number of imidazole rings is 2. The first-order valence-corrected chi connectivity index (χ1v) is 19.3. The van der Waals surface area contributed by atoms with Gasteiger partial charge in [0.15, 0.2) is 27.8 Å². The van der Waals surface area contributed by atoms with Gasteiger partial charge in [-0.3, -0.25) is 0 Å². The molecule has 2 aromatic carbocycles. The van der Waals surface area contributed by atoms with Crippen LogP contribution in [0, 0.1) is 11.8 Å². The molecule has 15 heteroatoms. The van der Waals surface area contributed by atoms with E-state index in [-0.39, 0.29) is 0 Å². The third kappa shape index (κ3) is 6.69. The summed E-state index contributed by atoms with van der Waals surface area (Å²) in [6, 6.07) is 17.1. The molecular weight excluding hydrogens is 714 g/mol. The SMILES string of the molecule is Clc1ncnc2c1ncn2C1CC(Cc2ncc3ccccc3n2)C1.c1ccc2nc(CC3CC(n4cnc5c(N6CCOCC6)ncnc54)C3)ncc2c1. The molecular formula is C40H38ClN13O. The van der Waals surface area contributed by atoms with E-state index < -0.39 is 0 Å². The first-order chi connectivity index (χ1) is 27.1. The predicted molar refractivity (Wildman–Crippen MR) is 209 cm³/mol. The fourth-order valence-electron chi connectivity index (χ4n) is 8.13. The van der Waals surface area contributed by atoms with Crippen LogP contribution in [-0.2, 0) is 17.6 Å². The number of aromatic nitrogens is 12. The maximum atomic E-state index is 6.08. The molecule has 6 aromatic heterocycles. The van der Waals surface area contributed by atoms with Crippen LogP contribution in [0.5, 0.6) is 0 Å². The minimum atomic E-state index is 0.404. The number of rotatable bonds is 7. The number of nitrogens with zero attached hydrogens (tertiary/aromatic N) is 13. The second kappa shape index (κ2) is 14.5. The molecule has 14 nitrogen and oxygen atoms in total. The van der Waals surface area contributed by atoms with Crippen molar-refractivity contribution in [1.82, 2.24) is 59.0 Å². The van der Waals surface area contributed by atoms with Crippen molar-refractivity contribution in [2.45, 2.75) is 50.6 Å². The van der Waals surface area contributed by atoms with E-state index in [1.54, 1.807) is 6.33 Å². The molecule has 3 aliphatic rings. The quantitative estimate of drug-likeness (QED) is 0.165. The van der Waals surface area contributed by atoms with E-state index in [1.807, 2.05) is 67.5 Å². The number of hydrogen-bond acceptors (Lipinski definition) is 12. The second-order valence-electron chi connectivity index (χ2n) is 14.7. The van der Waals surface area contributed by atoms with Gasteiger partial charge in [-0.25, -0.2) is 49.8 Å². The molecule has 0 N–H and O–H groups in total. The summed E-state index contributed by atoms with van der Waals surface area (Å²) in [6.07, 6.45) is 16.9. The Labute approximate surface area is 321 Å². The maximum Gasteiger partial charge on any atom is 0.165 e. The molecule has 0 unspecified atom stereocenters. The van der Waals surface area contributed by atoms with Crippen LogP contribution in [0.4, 0.5) is 5.82 Å². The van der Waals surface area contributed by atoms with Gasteiger partial charge in [-0.05, 0) is 49.7 Å². The number of fused-ring (bicyclic) bond motifs is 4. The Morgan fingerprint density at radius 2 is 1.13 bits per heavy atom. The highest BCUT2D eigenvalue weighted by molar-refractivity contribution is 6.33. The van der Waals surface area contributed by atoms with Crippen molar-refractivity contribution in [2.24, 2.45) is 11.8 Å². The van der Waals surface area contributed by atoms with Crippen LogP contribution in [0.1, 0.15) is 49.4 Å². The molecule has 2 aliphatic carbocycles. The van der Waals surface area contributed by atoms with Crippen LogP contribution < -0.4 is 4.90 Å². The van der Waals surface area contributed by atoms with Crippen LogP contribution in [-0.4, -0.2) is 85.3 Å². The number of anilines is 1. The summed E-state index contributed by atoms with van der Waals surface area (Å²) in [5.74, 6) is 3.95. The van der Waals surface area contributed by atoms with E-state index in [4.69, 9.17) is 21.3 Å². The largest absolute Gasteiger partial charge is 0.378 e. The van der Waals surface area contributed by atoms with Crippen LogP contribution in [0.2, 0.25) is 5.15 Å². The zero-order valence-electron chi connectivity index (χ0n) is 30.1. The summed E-state index contributed by atoms with van der Waals surface area (Å²) in [5.41, 5.74) is 5.33. The third-order valence-electron chi connectivity index (χ3n) is 11.2. The summed E-state index contributed by atoms with van der Waals surface area (Å²) in [4.78, 5) is 47.1. The molecule has 11 rings (SSSR count). The lowest BCUT2D eigenvalue weighted by molar-refractivity contribution is 0.122. The molecule has 0 bridgehead atoms. The molecule has 0 atom stereocenters. The number of hydrogen-bond donors (Lipinski definition) is 0. The molecule has 0 spiro atoms. The van der Waals surface area contributed by atoms with Gasteiger partial charge >= 0.3 is 0 Å². The smallest absolute Gasteiger partial charge is 0.165 e. The van der Waals surface area contributed by atoms with E-state index in [2.05, 4.69) is 65.0 Å². The molecule has 7 heterocycles. The third-order valence-corrected chi connectivity index (χ3v) is 11.5. The van der Waals surface area contributed by atoms with Crippen molar-refractivity contribution in [1.29, 1.82) is 0 Å². The molecule has 0 radical (unpaired) electrons. The number of morpholine rings is 1. The molecule has 55 heavy (non-hydrogen) atoms. The van der Waals surface area contributed by atoms with Crippen molar-refractivity contribution < 1.29 is 4.74 Å². The molecule has 3 fully saturated rings. The maximum absolute atomic E-state index is 6.08. The highest BCUT2D eigenvalue weighted by Crippen LogP contribution is 2.42. The fourth-order valence-corrected chi connectivity index (χ4v) is 8.30. The van der Waals surface area contributed by atoms with Crippen molar-refractivity contribution in [3.8, 4) is 0 Å². The van der Waals surface area contributed by atoms with E-state index in [0.29, 0.717) is 34.6 Å². The van der Waals surface area contributed by atoms with E-state index >= 15 is 0 Å². The highest BCUT2D eigenvalue weighted by Gasteiger charge is 2.34. The molecule has 2 saturated carbocycles. The predicted octanol–water partition coefficient (Wildman–Crippen LogP) is 6.42. The van der Waals surface area contributed by atoms with Gasteiger partial charge in [0.05, 0.1) is 36.9 Å². The number of ether oxygens (including phenoxy) is 1. The monoisotopic (exact) mass is 751 g/mol. The Bertz CT molecular complexity index is 2630. The summed E-state index contributed by atoms with van der Waals surface area (Å²) in [5, 5.41) is 2.58. The van der Waals surface area contributed by atoms with E-state index in [9.17, 15) is 0 Å². The molecule has 1 aliphatic heterocycles. The number of para-hydroxylation sites is 2. The minimum absolute atomic E-state index is 0.404. The Balaban J connectivity index is 0.000000138. The molecule has 1 saturated heterocycles. The normalized spacial score (nSPS) is 21.0. The van der Waals surface area contributed by atoms with Gasteiger partial charge in [0.25, 0.3) is 0 Å². The lowest BCUT2D eigenvalue weighted by atomic mass is 9.78. The topological polar surface area (TPSA) is 151 Å². The Hall–Kier alpha value is -5.73. The summed E-state index contributed by atoms with van der Waals surface area (Å²) in [7, 11) is 0. The molecule has 8 aromatic rings. The van der Waals surface area contributed by atoms with Gasteiger partial charge in [0.2, 0.25) is 0 Å². The van der Waals surface area contributed by atoms with E-state index in [0.717, 1.165) is 121 Å². The Morgan fingerprint density at radius 3 is 1.73 bits per heavy atom. The lowest BCUT2D eigenvalue weighted by Crippen LogP contribution is -2.37. The Kier molecular flexibility index (Phi) is 8.91. The molecule has 0 amide bonds. The van der Waals surface area contributed by atoms with Crippen molar-refractivity contribution >= 4 is 61.6 Å². The first-order valence-electron chi connectivity index (χ1n) is 18.9. The Morgan fingerprint density at radius 1 is 0.600 bits per heavy atom. The lowest BCUT2D eigenvalue weighted by Gasteiger charge is -2.36. The van der Waals surface area contributed by atoms with Crippen LogP contribution in [0.15, 0.2) is 86.2 Å². The van der Waals surface area contributed by atoms with Gasteiger partial charge in [0, 0.05) is 61.2 Å². The van der Waals surface area contributed by atoms with Crippen LogP contribution in [0.25, 0.3) is 44.1 Å². The first kappa shape index (κ1) is 33.8. The standard InChI is InChI=1S/C22H23N7O.C18H15ClN6/c1-2-4-18-16(3-1)12-23-19(27-18)11-15-9-17(10-15)29-14-26-20-21(24-13-25-22(20)29)28-5-7-30-8-6-28;19-17-16-18(22-9-21-17)25(10-23-16)13-5-11(6-13)7-15-20-8-12-3-1-2-4-14(12)24-15/h1-4,12-15,17H,5-11H2;1-4,8-11,13H,5-7H2.